The van der Waals surface area contributed by atoms with E-state index in [9.17, 15) is 18.0 Å². The van der Waals surface area contributed by atoms with E-state index in [1.807, 2.05) is 0 Å². The van der Waals surface area contributed by atoms with Gasteiger partial charge in [0.25, 0.3) is 5.91 Å². The molecule has 1 fully saturated rings. The van der Waals surface area contributed by atoms with Gasteiger partial charge in [-0.1, -0.05) is 18.9 Å². The monoisotopic (exact) mass is 380 g/mol. The Hall–Kier alpha value is -2.19. The van der Waals surface area contributed by atoms with E-state index >= 15 is 0 Å². The van der Waals surface area contributed by atoms with E-state index in [1.165, 1.54) is 30.3 Å². The molecule has 1 aliphatic heterocycles. The molecule has 0 radical (unpaired) electrons. The highest BCUT2D eigenvalue weighted by Gasteiger charge is 2.18. The molecule has 1 aliphatic rings. The molecule has 0 aliphatic carbocycles. The zero-order valence-corrected chi connectivity index (χ0v) is 15.5. The zero-order chi connectivity index (χ0) is 19.0. The predicted molar refractivity (Wildman–Crippen MR) is 97.2 cm³/mol. The normalized spacial score (nSPS) is 15.2. The number of esters is 1. The Balaban J connectivity index is 1.91. The topological polar surface area (TPSA) is 92.8 Å². The maximum absolute atomic E-state index is 12.1. The van der Waals surface area contributed by atoms with Gasteiger partial charge in [-0.3, -0.25) is 4.79 Å². The number of carbonyl (C=O) groups is 2. The zero-order valence-electron chi connectivity index (χ0n) is 14.6. The second kappa shape index (κ2) is 9.49. The average molecular weight is 380 g/mol. The number of hydrogen-bond acceptors (Lipinski definition) is 5. The Morgan fingerprint density at radius 2 is 1.73 bits per heavy atom. The van der Waals surface area contributed by atoms with E-state index in [1.54, 1.807) is 4.90 Å². The lowest BCUT2D eigenvalue weighted by atomic mass is 10.2. The molecule has 1 aromatic rings. The van der Waals surface area contributed by atoms with Crippen LogP contribution in [0.1, 0.15) is 36.0 Å². The van der Waals surface area contributed by atoms with Gasteiger partial charge in [0.15, 0.2) is 6.61 Å². The third-order valence-corrected chi connectivity index (χ3v) is 5.54. The maximum atomic E-state index is 12.1. The molecule has 1 N–H and O–H groups in total. The van der Waals surface area contributed by atoms with Crippen LogP contribution in [0, 0.1) is 0 Å². The minimum Gasteiger partial charge on any atom is -0.452 e. The van der Waals surface area contributed by atoms with Gasteiger partial charge in [-0.2, -0.15) is 0 Å². The van der Waals surface area contributed by atoms with Crippen molar-refractivity contribution in [2.24, 2.45) is 0 Å². The van der Waals surface area contributed by atoms with Crippen molar-refractivity contribution in [2.75, 3.05) is 26.2 Å². The van der Waals surface area contributed by atoms with E-state index in [0.29, 0.717) is 13.1 Å². The Morgan fingerprint density at radius 3 is 2.31 bits per heavy atom. The number of hydrogen-bond donors (Lipinski definition) is 1. The highest BCUT2D eigenvalue weighted by atomic mass is 32.2. The SMILES string of the molecule is C=CCNS(=O)(=O)c1ccc(C(=O)OCC(=O)N2CCCCCC2)cc1. The van der Waals surface area contributed by atoms with Crippen molar-refractivity contribution in [2.45, 2.75) is 30.6 Å². The molecule has 7 nitrogen and oxygen atoms in total. The van der Waals surface area contributed by atoms with E-state index in [0.717, 1.165) is 25.7 Å². The number of ether oxygens (including phenoxy) is 1. The first-order valence-electron chi connectivity index (χ1n) is 8.59. The first kappa shape index (κ1) is 20.1. The number of sulfonamides is 1. The van der Waals surface area contributed by atoms with Crippen molar-refractivity contribution in [1.29, 1.82) is 0 Å². The number of nitrogens with zero attached hydrogens (tertiary/aromatic N) is 1. The molecule has 1 saturated heterocycles. The molecule has 2 rings (SSSR count). The number of likely N-dealkylation sites (tertiary alicyclic amines) is 1. The summed E-state index contributed by atoms with van der Waals surface area (Å²) in [5.41, 5.74) is 0.191. The number of benzene rings is 1. The Morgan fingerprint density at radius 1 is 1.12 bits per heavy atom. The molecule has 0 aromatic heterocycles. The summed E-state index contributed by atoms with van der Waals surface area (Å²) in [5, 5.41) is 0. The van der Waals surface area contributed by atoms with Crippen LogP contribution in [0.3, 0.4) is 0 Å². The van der Waals surface area contributed by atoms with Crippen molar-refractivity contribution in [3.63, 3.8) is 0 Å². The van der Waals surface area contributed by atoms with Gasteiger partial charge in [-0.25, -0.2) is 17.9 Å². The highest BCUT2D eigenvalue weighted by molar-refractivity contribution is 7.89. The van der Waals surface area contributed by atoms with Crippen molar-refractivity contribution in [3.8, 4) is 0 Å². The van der Waals surface area contributed by atoms with Gasteiger partial charge in [-0.05, 0) is 37.1 Å². The molecular weight excluding hydrogens is 356 g/mol. The van der Waals surface area contributed by atoms with Crippen molar-refractivity contribution < 1.29 is 22.7 Å². The molecule has 8 heteroatoms. The fourth-order valence-corrected chi connectivity index (χ4v) is 3.64. The molecule has 0 bridgehead atoms. The van der Waals surface area contributed by atoms with Crippen LogP contribution in [-0.4, -0.2) is 51.4 Å². The number of amides is 1. The summed E-state index contributed by atoms with van der Waals surface area (Å²) in [6.07, 6.45) is 5.59. The standard InChI is InChI=1S/C18H24N2O5S/c1-2-11-19-26(23,24)16-9-7-15(8-10-16)18(22)25-14-17(21)20-12-5-3-4-6-13-20/h2,7-10,19H,1,3-6,11-14H2. The molecular formula is C18H24N2O5S. The first-order chi connectivity index (χ1) is 12.4. The number of carbonyl (C=O) groups excluding carboxylic acids is 2. The molecule has 0 unspecified atom stereocenters. The first-order valence-corrected chi connectivity index (χ1v) is 10.1. The third-order valence-electron chi connectivity index (χ3n) is 4.10. The number of nitrogens with one attached hydrogen (secondary N) is 1. The number of rotatable bonds is 7. The molecule has 0 atom stereocenters. The second-order valence-corrected chi connectivity index (χ2v) is 7.80. The van der Waals surface area contributed by atoms with Crippen LogP contribution < -0.4 is 4.72 Å². The van der Waals surface area contributed by atoms with Gasteiger partial charge in [-0.15, -0.1) is 6.58 Å². The quantitative estimate of drug-likeness (QED) is 0.574. The molecule has 1 amide bonds. The van der Waals surface area contributed by atoms with Crippen LogP contribution in [0.4, 0.5) is 0 Å². The van der Waals surface area contributed by atoms with E-state index in [4.69, 9.17) is 4.74 Å². The van der Waals surface area contributed by atoms with Gasteiger partial charge in [0, 0.05) is 19.6 Å². The summed E-state index contributed by atoms with van der Waals surface area (Å²) in [6, 6.07) is 5.36. The van der Waals surface area contributed by atoms with Crippen LogP contribution in [0.2, 0.25) is 0 Å². The lowest BCUT2D eigenvalue weighted by Gasteiger charge is -2.19. The molecule has 26 heavy (non-hydrogen) atoms. The second-order valence-electron chi connectivity index (χ2n) is 6.04. The van der Waals surface area contributed by atoms with Crippen LogP contribution in [-0.2, 0) is 19.6 Å². The smallest absolute Gasteiger partial charge is 0.338 e. The van der Waals surface area contributed by atoms with Gasteiger partial charge in [0.2, 0.25) is 10.0 Å². The largest absolute Gasteiger partial charge is 0.452 e. The van der Waals surface area contributed by atoms with E-state index in [-0.39, 0.29) is 29.5 Å². The van der Waals surface area contributed by atoms with E-state index < -0.39 is 16.0 Å². The molecule has 142 valence electrons. The fourth-order valence-electron chi connectivity index (χ4n) is 2.64. The summed E-state index contributed by atoms with van der Waals surface area (Å²) in [6.45, 7) is 4.65. The van der Waals surface area contributed by atoms with Crippen LogP contribution >= 0.6 is 0 Å². The molecule has 1 heterocycles. The summed E-state index contributed by atoms with van der Waals surface area (Å²) >= 11 is 0. The third kappa shape index (κ3) is 5.67. The summed E-state index contributed by atoms with van der Waals surface area (Å²) in [4.78, 5) is 25.9. The fraction of sp³-hybridized carbons (Fsp3) is 0.444. The van der Waals surface area contributed by atoms with Gasteiger partial charge in [0.05, 0.1) is 10.5 Å². The molecule has 0 spiro atoms. The Kier molecular flexibility index (Phi) is 7.35. The van der Waals surface area contributed by atoms with Crippen molar-refractivity contribution >= 4 is 21.9 Å². The summed E-state index contributed by atoms with van der Waals surface area (Å²) in [7, 11) is -3.64. The van der Waals surface area contributed by atoms with Crippen molar-refractivity contribution in [3.05, 3.63) is 42.5 Å². The van der Waals surface area contributed by atoms with Gasteiger partial charge < -0.3 is 9.64 Å². The minimum atomic E-state index is -3.64. The molecule has 0 saturated carbocycles. The summed E-state index contributed by atoms with van der Waals surface area (Å²) in [5.74, 6) is -0.857. The van der Waals surface area contributed by atoms with Crippen LogP contribution in [0.15, 0.2) is 41.8 Å². The maximum Gasteiger partial charge on any atom is 0.338 e. The lowest BCUT2D eigenvalue weighted by Crippen LogP contribution is -2.35. The highest BCUT2D eigenvalue weighted by Crippen LogP contribution is 2.12. The Bertz CT molecular complexity index is 735. The minimum absolute atomic E-state index is 0.0385. The molecule has 1 aromatic carbocycles. The van der Waals surface area contributed by atoms with Crippen LogP contribution in [0.25, 0.3) is 0 Å². The van der Waals surface area contributed by atoms with Gasteiger partial charge >= 0.3 is 5.97 Å². The predicted octanol–water partition coefficient (Wildman–Crippen LogP) is 1.71. The van der Waals surface area contributed by atoms with Crippen LogP contribution in [0.5, 0.6) is 0 Å². The van der Waals surface area contributed by atoms with Gasteiger partial charge in [0.1, 0.15) is 0 Å². The average Bonchev–Trinajstić information content (AvgIpc) is 2.94. The van der Waals surface area contributed by atoms with Crippen molar-refractivity contribution in [1.82, 2.24) is 9.62 Å². The van der Waals surface area contributed by atoms with E-state index in [2.05, 4.69) is 11.3 Å². The Labute approximate surface area is 154 Å². The summed E-state index contributed by atoms with van der Waals surface area (Å²) < 4.78 is 31.3. The lowest BCUT2D eigenvalue weighted by molar-refractivity contribution is -0.134.